The first-order valence-electron chi connectivity index (χ1n) is 5.49. The van der Waals surface area contributed by atoms with Crippen molar-refractivity contribution in [2.45, 2.75) is 24.4 Å². The van der Waals surface area contributed by atoms with Crippen LogP contribution in [0, 0.1) is 0 Å². The normalized spacial score (nSPS) is 32.2. The van der Waals surface area contributed by atoms with Crippen molar-refractivity contribution in [2.75, 3.05) is 6.61 Å². The van der Waals surface area contributed by atoms with Gasteiger partial charge in [0.1, 0.15) is 29.9 Å². The predicted octanol–water partition coefficient (Wildman–Crippen LogP) is -1.49. The lowest BCUT2D eigenvalue weighted by Crippen LogP contribution is -2.32. The third kappa shape index (κ3) is 1.66. The summed E-state index contributed by atoms with van der Waals surface area (Å²) in [6.07, 6.45) is -1.00. The number of hydrogen-bond donors (Lipinski definition) is 4. The second kappa shape index (κ2) is 4.25. The predicted molar refractivity (Wildman–Crippen MR) is 58.4 cm³/mol. The summed E-state index contributed by atoms with van der Waals surface area (Å²) in [7, 11) is 0. The quantitative estimate of drug-likeness (QED) is 0.513. The minimum absolute atomic E-state index is 0.233. The Bertz CT molecular complexity index is 560. The molecule has 8 heteroatoms. The van der Waals surface area contributed by atoms with Crippen molar-refractivity contribution in [2.24, 2.45) is 0 Å². The van der Waals surface area contributed by atoms with Gasteiger partial charge in [-0.2, -0.15) is 0 Å². The van der Waals surface area contributed by atoms with Crippen molar-refractivity contribution >= 4 is 11.2 Å². The Morgan fingerprint density at radius 2 is 2.11 bits per heavy atom. The van der Waals surface area contributed by atoms with E-state index in [4.69, 9.17) is 9.84 Å². The molecule has 0 saturated carbocycles. The first kappa shape index (κ1) is 11.5. The smallest absolute Gasteiger partial charge is 0.180 e. The van der Waals surface area contributed by atoms with Crippen LogP contribution < -0.4 is 0 Å². The molecule has 4 atom stereocenters. The summed E-state index contributed by atoms with van der Waals surface area (Å²) >= 11 is 0. The Kier molecular flexibility index (Phi) is 2.71. The second-order valence-corrected chi connectivity index (χ2v) is 4.13. The van der Waals surface area contributed by atoms with Gasteiger partial charge in [-0.15, -0.1) is 0 Å². The fourth-order valence-corrected chi connectivity index (χ4v) is 2.00. The zero-order valence-electron chi connectivity index (χ0n) is 9.26. The number of nitrogens with one attached hydrogen (secondary N) is 1. The van der Waals surface area contributed by atoms with Crippen molar-refractivity contribution in [1.82, 2.24) is 19.9 Å². The molecular formula is C10H12N4O4. The van der Waals surface area contributed by atoms with Gasteiger partial charge in [0.15, 0.2) is 11.5 Å². The van der Waals surface area contributed by atoms with Crippen LogP contribution in [-0.4, -0.2) is 60.2 Å². The van der Waals surface area contributed by atoms with E-state index in [9.17, 15) is 10.2 Å². The van der Waals surface area contributed by atoms with Gasteiger partial charge in [0.2, 0.25) is 0 Å². The van der Waals surface area contributed by atoms with Crippen LogP contribution in [0.25, 0.3) is 11.2 Å². The van der Waals surface area contributed by atoms with E-state index in [1.54, 1.807) is 0 Å². The van der Waals surface area contributed by atoms with Gasteiger partial charge < -0.3 is 25.0 Å². The van der Waals surface area contributed by atoms with Crippen molar-refractivity contribution in [3.63, 3.8) is 0 Å². The van der Waals surface area contributed by atoms with Crippen LogP contribution in [0.4, 0.5) is 0 Å². The highest BCUT2D eigenvalue weighted by Crippen LogP contribution is 2.31. The average molecular weight is 252 g/mol. The van der Waals surface area contributed by atoms with Crippen LogP contribution in [0.1, 0.15) is 11.9 Å². The summed E-state index contributed by atoms with van der Waals surface area (Å²) < 4.78 is 5.33. The van der Waals surface area contributed by atoms with E-state index in [0.29, 0.717) is 11.2 Å². The maximum atomic E-state index is 9.84. The molecule has 18 heavy (non-hydrogen) atoms. The molecular weight excluding hydrogens is 240 g/mol. The lowest BCUT2D eigenvalue weighted by atomic mass is 10.1. The highest BCUT2D eigenvalue weighted by Gasteiger charge is 2.44. The SMILES string of the molecule is OC[C@H]1OC(c2ncc3[nH]cnc3n2)[C@@H](O)[C@@H]1O. The fraction of sp³-hybridized carbons (Fsp3) is 0.500. The molecule has 0 amide bonds. The minimum Gasteiger partial charge on any atom is -0.394 e. The third-order valence-electron chi connectivity index (χ3n) is 2.99. The highest BCUT2D eigenvalue weighted by atomic mass is 16.6. The molecule has 1 unspecified atom stereocenters. The van der Waals surface area contributed by atoms with Gasteiger partial charge in [-0.25, -0.2) is 15.0 Å². The summed E-state index contributed by atoms with van der Waals surface area (Å²) in [4.78, 5) is 15.0. The van der Waals surface area contributed by atoms with Crippen LogP contribution in [0.15, 0.2) is 12.5 Å². The molecule has 2 aromatic rings. The largest absolute Gasteiger partial charge is 0.394 e. The number of ether oxygens (including phenoxy) is 1. The molecule has 1 saturated heterocycles. The number of hydrogen-bond acceptors (Lipinski definition) is 7. The Hall–Kier alpha value is -1.61. The average Bonchev–Trinajstić information content (AvgIpc) is 2.95. The number of aliphatic hydroxyl groups excluding tert-OH is 3. The van der Waals surface area contributed by atoms with Crippen LogP contribution in [-0.2, 0) is 4.74 Å². The topological polar surface area (TPSA) is 124 Å². The summed E-state index contributed by atoms with van der Waals surface area (Å²) in [5.74, 6) is 0.233. The summed E-state index contributed by atoms with van der Waals surface area (Å²) in [6, 6.07) is 0. The summed E-state index contributed by atoms with van der Waals surface area (Å²) in [6.45, 7) is -0.376. The van der Waals surface area contributed by atoms with E-state index in [2.05, 4.69) is 19.9 Å². The van der Waals surface area contributed by atoms with Crippen LogP contribution in [0.5, 0.6) is 0 Å². The lowest BCUT2D eigenvalue weighted by molar-refractivity contribution is -0.0252. The van der Waals surface area contributed by atoms with Crippen molar-refractivity contribution in [3.05, 3.63) is 18.3 Å². The zero-order valence-corrected chi connectivity index (χ0v) is 9.26. The standard InChI is InChI=1S/C10H12N4O4/c15-2-5-6(16)7(17)8(18-5)10-11-1-4-9(14-10)13-3-12-4/h1,3,5-8,15-17H,2H2,(H,11,12,13,14)/t5-,6-,7+,8?/m1/s1. The Labute approximate surface area is 101 Å². The van der Waals surface area contributed by atoms with E-state index in [1.165, 1.54) is 12.5 Å². The van der Waals surface area contributed by atoms with Crippen molar-refractivity contribution < 1.29 is 20.1 Å². The number of imidazole rings is 1. The zero-order chi connectivity index (χ0) is 12.7. The van der Waals surface area contributed by atoms with Crippen LogP contribution in [0.2, 0.25) is 0 Å². The molecule has 8 nitrogen and oxygen atoms in total. The van der Waals surface area contributed by atoms with Crippen molar-refractivity contribution in [1.29, 1.82) is 0 Å². The molecule has 96 valence electrons. The van der Waals surface area contributed by atoms with Gasteiger partial charge in [0, 0.05) is 0 Å². The second-order valence-electron chi connectivity index (χ2n) is 4.13. The first-order valence-corrected chi connectivity index (χ1v) is 5.49. The molecule has 1 aliphatic rings. The number of nitrogens with zero attached hydrogens (tertiary/aromatic N) is 3. The molecule has 1 aliphatic heterocycles. The molecule has 0 radical (unpaired) electrons. The number of H-pyrrole nitrogens is 1. The monoisotopic (exact) mass is 252 g/mol. The molecule has 3 heterocycles. The number of aromatic nitrogens is 4. The summed E-state index contributed by atoms with van der Waals surface area (Å²) in [5.41, 5.74) is 1.13. The highest BCUT2D eigenvalue weighted by molar-refractivity contribution is 5.68. The first-order chi connectivity index (χ1) is 8.70. The Morgan fingerprint density at radius 1 is 1.28 bits per heavy atom. The molecule has 4 N–H and O–H groups in total. The van der Waals surface area contributed by atoms with Gasteiger partial charge in [-0.3, -0.25) is 0 Å². The molecule has 0 aliphatic carbocycles. The molecule has 0 aromatic carbocycles. The molecule has 2 aromatic heterocycles. The van der Waals surface area contributed by atoms with Crippen molar-refractivity contribution in [3.8, 4) is 0 Å². The third-order valence-corrected chi connectivity index (χ3v) is 2.99. The minimum atomic E-state index is -1.17. The van der Waals surface area contributed by atoms with Gasteiger partial charge in [-0.05, 0) is 0 Å². The van der Waals surface area contributed by atoms with E-state index >= 15 is 0 Å². The van der Waals surface area contributed by atoms with E-state index < -0.39 is 24.4 Å². The number of aliphatic hydroxyl groups is 3. The number of fused-ring (bicyclic) bond motifs is 1. The fourth-order valence-electron chi connectivity index (χ4n) is 2.00. The molecule has 0 spiro atoms. The van der Waals surface area contributed by atoms with Crippen LogP contribution in [0.3, 0.4) is 0 Å². The van der Waals surface area contributed by atoms with E-state index in [-0.39, 0.29) is 12.4 Å². The lowest BCUT2D eigenvalue weighted by Gasteiger charge is -2.12. The maximum Gasteiger partial charge on any atom is 0.180 e. The molecule has 3 rings (SSSR count). The van der Waals surface area contributed by atoms with Crippen LogP contribution >= 0.6 is 0 Å². The van der Waals surface area contributed by atoms with E-state index in [1.807, 2.05) is 0 Å². The Morgan fingerprint density at radius 3 is 2.83 bits per heavy atom. The van der Waals surface area contributed by atoms with Gasteiger partial charge in [0.05, 0.1) is 19.1 Å². The maximum absolute atomic E-state index is 9.84. The molecule has 1 fully saturated rings. The van der Waals surface area contributed by atoms with Gasteiger partial charge in [0.25, 0.3) is 0 Å². The number of rotatable bonds is 2. The van der Waals surface area contributed by atoms with E-state index in [0.717, 1.165) is 0 Å². The Balaban J connectivity index is 1.94. The summed E-state index contributed by atoms with van der Waals surface area (Å²) in [5, 5.41) is 28.5. The molecule has 0 bridgehead atoms. The van der Waals surface area contributed by atoms with Gasteiger partial charge >= 0.3 is 0 Å². The van der Waals surface area contributed by atoms with Gasteiger partial charge in [-0.1, -0.05) is 0 Å². The number of aromatic amines is 1.